The fraction of sp³-hybridized carbons (Fsp3) is 0.211. The average molecular weight is 304 g/mol. The zero-order valence-corrected chi connectivity index (χ0v) is 13.6. The van der Waals surface area contributed by atoms with E-state index in [-0.39, 0.29) is 6.04 Å². The van der Waals surface area contributed by atoms with Crippen LogP contribution >= 0.6 is 0 Å². The zero-order valence-electron chi connectivity index (χ0n) is 13.6. The Bertz CT molecular complexity index is 960. The maximum absolute atomic E-state index is 4.79. The molecular formula is C19H20N4. The smallest absolute Gasteiger partial charge is 0.129 e. The number of aryl methyl sites for hydroxylation is 2. The van der Waals surface area contributed by atoms with Crippen molar-refractivity contribution in [2.45, 2.75) is 19.9 Å². The number of hydrogen-bond donors (Lipinski definition) is 3. The van der Waals surface area contributed by atoms with Crippen LogP contribution in [0.2, 0.25) is 0 Å². The maximum atomic E-state index is 4.79. The summed E-state index contributed by atoms with van der Waals surface area (Å²) >= 11 is 0. The average Bonchev–Trinajstić information content (AvgIpc) is 3.17. The highest BCUT2D eigenvalue weighted by Crippen LogP contribution is 2.32. The van der Waals surface area contributed by atoms with Crippen LogP contribution in [0.4, 0.5) is 0 Å². The van der Waals surface area contributed by atoms with E-state index in [1.165, 1.54) is 27.6 Å². The number of nitrogens with one attached hydrogen (secondary N) is 3. The minimum Gasteiger partial charge on any atom is -0.361 e. The highest BCUT2D eigenvalue weighted by Gasteiger charge is 2.21. The number of nitrogens with zero attached hydrogens (tertiary/aromatic N) is 1. The molecule has 2 aromatic carbocycles. The second-order valence-electron chi connectivity index (χ2n) is 6.05. The van der Waals surface area contributed by atoms with Crippen LogP contribution in [0.1, 0.15) is 28.6 Å². The van der Waals surface area contributed by atoms with E-state index in [0.717, 1.165) is 16.9 Å². The molecule has 0 radical (unpaired) electrons. The van der Waals surface area contributed by atoms with Gasteiger partial charge in [-0.25, -0.2) is 4.98 Å². The van der Waals surface area contributed by atoms with Gasteiger partial charge in [-0.3, -0.25) is 0 Å². The van der Waals surface area contributed by atoms with E-state index in [2.05, 4.69) is 47.3 Å². The van der Waals surface area contributed by atoms with Crippen molar-refractivity contribution >= 4 is 21.9 Å². The molecule has 0 aliphatic carbocycles. The number of H-pyrrole nitrogens is 2. The molecule has 1 atom stereocenters. The molecule has 0 aliphatic heterocycles. The summed E-state index contributed by atoms with van der Waals surface area (Å²) in [6.07, 6.45) is 2.01. The van der Waals surface area contributed by atoms with E-state index in [9.17, 15) is 0 Å². The first-order chi connectivity index (χ1) is 11.2. The summed E-state index contributed by atoms with van der Waals surface area (Å²) in [5, 5.41) is 4.68. The fourth-order valence-electron chi connectivity index (χ4n) is 3.52. The number of imidazole rings is 1. The lowest BCUT2D eigenvalue weighted by Crippen LogP contribution is -2.20. The summed E-state index contributed by atoms with van der Waals surface area (Å²) in [4.78, 5) is 11.6. The lowest BCUT2D eigenvalue weighted by atomic mass is 9.94. The molecule has 116 valence electrons. The quantitative estimate of drug-likeness (QED) is 0.536. The largest absolute Gasteiger partial charge is 0.361 e. The van der Waals surface area contributed by atoms with Crippen molar-refractivity contribution in [2.24, 2.45) is 0 Å². The predicted octanol–water partition coefficient (Wildman–Crippen LogP) is 3.97. The van der Waals surface area contributed by atoms with Crippen molar-refractivity contribution in [3.05, 3.63) is 65.1 Å². The van der Waals surface area contributed by atoms with Crippen molar-refractivity contribution in [1.82, 2.24) is 20.3 Å². The number of aromatic nitrogens is 3. The molecule has 1 unspecified atom stereocenters. The Morgan fingerprint density at radius 2 is 1.91 bits per heavy atom. The predicted molar refractivity (Wildman–Crippen MR) is 94.8 cm³/mol. The summed E-state index contributed by atoms with van der Waals surface area (Å²) in [6, 6.07) is 12.6. The molecule has 0 amide bonds. The summed E-state index contributed by atoms with van der Waals surface area (Å²) in [7, 11) is 1.98. The van der Waals surface area contributed by atoms with Crippen LogP contribution in [0.15, 0.2) is 42.6 Å². The van der Waals surface area contributed by atoms with Gasteiger partial charge < -0.3 is 15.3 Å². The lowest BCUT2D eigenvalue weighted by molar-refractivity contribution is 0.658. The summed E-state index contributed by atoms with van der Waals surface area (Å²) in [6.45, 7) is 4.31. The minimum absolute atomic E-state index is 0.0290. The standard InChI is InChI=1S/C19H20N4/c1-11-10-12(2)17-13(8-9-21-17)16(11)18(20-3)19-22-14-6-4-5-7-15(14)23-19/h4-10,18,20-21H,1-3H3,(H,22,23). The molecule has 0 spiro atoms. The van der Waals surface area contributed by atoms with Crippen LogP contribution in [0, 0.1) is 13.8 Å². The van der Waals surface area contributed by atoms with Gasteiger partial charge in [-0.05, 0) is 55.8 Å². The number of hydrogen-bond acceptors (Lipinski definition) is 2. The van der Waals surface area contributed by atoms with E-state index in [1.807, 2.05) is 31.4 Å². The Labute approximate surface area is 134 Å². The number of fused-ring (bicyclic) bond motifs is 2. The number of para-hydroxylation sites is 2. The molecular weight excluding hydrogens is 284 g/mol. The van der Waals surface area contributed by atoms with E-state index < -0.39 is 0 Å². The van der Waals surface area contributed by atoms with Crippen LogP contribution in [0.5, 0.6) is 0 Å². The van der Waals surface area contributed by atoms with Gasteiger partial charge in [0.15, 0.2) is 0 Å². The highest BCUT2D eigenvalue weighted by molar-refractivity contribution is 5.88. The monoisotopic (exact) mass is 304 g/mol. The van der Waals surface area contributed by atoms with Gasteiger partial charge in [0.1, 0.15) is 5.82 Å². The summed E-state index contributed by atoms with van der Waals surface area (Å²) in [5.74, 6) is 0.947. The van der Waals surface area contributed by atoms with Gasteiger partial charge >= 0.3 is 0 Å². The van der Waals surface area contributed by atoms with Crippen LogP contribution in [-0.4, -0.2) is 22.0 Å². The van der Waals surface area contributed by atoms with E-state index in [0.29, 0.717) is 0 Å². The normalized spacial score (nSPS) is 13.0. The number of aromatic amines is 2. The second-order valence-corrected chi connectivity index (χ2v) is 6.05. The van der Waals surface area contributed by atoms with Crippen molar-refractivity contribution in [2.75, 3.05) is 7.05 Å². The number of benzene rings is 2. The van der Waals surface area contributed by atoms with Gasteiger partial charge in [0.05, 0.1) is 17.1 Å². The van der Waals surface area contributed by atoms with E-state index >= 15 is 0 Å². The first-order valence-electron chi connectivity index (χ1n) is 7.88. The Hall–Kier alpha value is -2.59. The molecule has 4 nitrogen and oxygen atoms in total. The van der Waals surface area contributed by atoms with Crippen molar-refractivity contribution < 1.29 is 0 Å². The molecule has 23 heavy (non-hydrogen) atoms. The summed E-state index contributed by atoms with van der Waals surface area (Å²) < 4.78 is 0. The Balaban J connectivity index is 1.95. The molecule has 0 bridgehead atoms. The zero-order chi connectivity index (χ0) is 16.0. The van der Waals surface area contributed by atoms with Crippen LogP contribution in [-0.2, 0) is 0 Å². The highest BCUT2D eigenvalue weighted by atomic mass is 15.0. The molecule has 2 aromatic heterocycles. The van der Waals surface area contributed by atoms with Gasteiger partial charge in [0, 0.05) is 17.1 Å². The Morgan fingerprint density at radius 1 is 1.09 bits per heavy atom. The molecule has 0 fully saturated rings. The van der Waals surface area contributed by atoms with E-state index in [1.54, 1.807) is 0 Å². The van der Waals surface area contributed by atoms with Crippen LogP contribution < -0.4 is 5.32 Å². The first kappa shape index (κ1) is 14.0. The first-order valence-corrected chi connectivity index (χ1v) is 7.88. The van der Waals surface area contributed by atoms with Gasteiger partial charge in [0.2, 0.25) is 0 Å². The van der Waals surface area contributed by atoms with E-state index in [4.69, 9.17) is 4.98 Å². The molecule has 2 heterocycles. The van der Waals surface area contributed by atoms with Crippen molar-refractivity contribution in [3.8, 4) is 0 Å². The molecule has 3 N–H and O–H groups in total. The Morgan fingerprint density at radius 3 is 2.70 bits per heavy atom. The third-order valence-corrected chi connectivity index (χ3v) is 4.55. The third-order valence-electron chi connectivity index (χ3n) is 4.55. The molecule has 0 saturated carbocycles. The molecule has 0 aliphatic rings. The lowest BCUT2D eigenvalue weighted by Gasteiger charge is -2.19. The van der Waals surface area contributed by atoms with Gasteiger partial charge in [-0.2, -0.15) is 0 Å². The fourth-order valence-corrected chi connectivity index (χ4v) is 3.52. The topological polar surface area (TPSA) is 56.5 Å². The van der Waals surface area contributed by atoms with Gasteiger partial charge in [0.25, 0.3) is 0 Å². The number of rotatable bonds is 3. The SMILES string of the molecule is CNC(c1nc2ccccc2[nH]1)c1c(C)cc(C)c2[nH]ccc12. The molecule has 0 saturated heterocycles. The third kappa shape index (κ3) is 2.14. The van der Waals surface area contributed by atoms with Crippen molar-refractivity contribution in [1.29, 1.82) is 0 Å². The molecule has 4 rings (SSSR count). The minimum atomic E-state index is 0.0290. The van der Waals surface area contributed by atoms with Crippen LogP contribution in [0.25, 0.3) is 21.9 Å². The van der Waals surface area contributed by atoms with Gasteiger partial charge in [-0.15, -0.1) is 0 Å². The molecule has 4 aromatic rings. The van der Waals surface area contributed by atoms with Crippen LogP contribution in [0.3, 0.4) is 0 Å². The maximum Gasteiger partial charge on any atom is 0.129 e. The van der Waals surface area contributed by atoms with Crippen molar-refractivity contribution in [3.63, 3.8) is 0 Å². The second kappa shape index (κ2) is 5.25. The van der Waals surface area contributed by atoms with Gasteiger partial charge in [-0.1, -0.05) is 18.2 Å². The Kier molecular flexibility index (Phi) is 3.20. The summed E-state index contributed by atoms with van der Waals surface area (Å²) in [5.41, 5.74) is 7.08. The molecule has 4 heteroatoms.